The van der Waals surface area contributed by atoms with Crippen LogP contribution < -0.4 is 15.4 Å². The van der Waals surface area contributed by atoms with E-state index < -0.39 is 0 Å². The summed E-state index contributed by atoms with van der Waals surface area (Å²) >= 11 is 0. The Morgan fingerprint density at radius 3 is 2.78 bits per heavy atom. The van der Waals surface area contributed by atoms with Gasteiger partial charge in [0.25, 0.3) is 0 Å². The van der Waals surface area contributed by atoms with Crippen molar-refractivity contribution in [1.82, 2.24) is 10.6 Å². The van der Waals surface area contributed by atoms with Crippen LogP contribution in [0.5, 0.6) is 5.75 Å². The van der Waals surface area contributed by atoms with Crippen LogP contribution >= 0.6 is 0 Å². The smallest absolute Gasteiger partial charge is 0.315 e. The maximum absolute atomic E-state index is 12.0. The fraction of sp³-hybridized carbons (Fsp3) is 0.316. The number of carbonyl (C=O) groups is 1. The first kappa shape index (κ1) is 15.4. The number of amides is 2. The van der Waals surface area contributed by atoms with Crippen molar-refractivity contribution in [2.24, 2.45) is 0 Å². The number of aryl methyl sites for hydroxylation is 1. The highest BCUT2D eigenvalue weighted by molar-refractivity contribution is 5.74. The minimum atomic E-state index is -0.134. The fourth-order valence-electron chi connectivity index (χ4n) is 2.73. The summed E-state index contributed by atoms with van der Waals surface area (Å²) in [7, 11) is 0. The molecule has 4 nitrogen and oxygen atoms in total. The number of ether oxygens (including phenoxy) is 1. The second-order valence-corrected chi connectivity index (χ2v) is 5.96. The minimum absolute atomic E-state index is 0.0178. The van der Waals surface area contributed by atoms with Gasteiger partial charge in [0.05, 0.1) is 6.04 Å². The van der Waals surface area contributed by atoms with Crippen LogP contribution in [0.25, 0.3) is 0 Å². The van der Waals surface area contributed by atoms with Crippen LogP contribution in [0.2, 0.25) is 0 Å². The van der Waals surface area contributed by atoms with Crippen molar-refractivity contribution in [1.29, 1.82) is 0 Å². The normalized spacial score (nSPS) is 16.1. The Hall–Kier alpha value is -2.49. The van der Waals surface area contributed by atoms with E-state index in [1.165, 1.54) is 11.1 Å². The Morgan fingerprint density at radius 1 is 1.17 bits per heavy atom. The van der Waals surface area contributed by atoms with Crippen LogP contribution in [-0.4, -0.2) is 25.2 Å². The number of hydrogen-bond acceptors (Lipinski definition) is 2. The van der Waals surface area contributed by atoms with E-state index in [1.54, 1.807) is 0 Å². The topological polar surface area (TPSA) is 50.4 Å². The number of rotatable bonds is 4. The first-order valence-corrected chi connectivity index (χ1v) is 8.01. The molecule has 1 aliphatic heterocycles. The SMILES string of the molecule is Cc1ccc(CCNC(=O)NC2COc3ccccc3C2)cc1. The maximum atomic E-state index is 12.0. The largest absolute Gasteiger partial charge is 0.491 e. The summed E-state index contributed by atoms with van der Waals surface area (Å²) in [5.74, 6) is 0.922. The fourth-order valence-corrected chi connectivity index (χ4v) is 2.73. The molecule has 0 spiro atoms. The molecule has 0 saturated carbocycles. The molecule has 0 radical (unpaired) electrons. The molecular weight excluding hydrogens is 288 g/mol. The lowest BCUT2D eigenvalue weighted by molar-refractivity contribution is 0.214. The summed E-state index contributed by atoms with van der Waals surface area (Å²) in [5.41, 5.74) is 3.62. The lowest BCUT2D eigenvalue weighted by Gasteiger charge is -2.26. The Balaban J connectivity index is 1.42. The summed E-state index contributed by atoms with van der Waals surface area (Å²) < 4.78 is 5.68. The van der Waals surface area contributed by atoms with Gasteiger partial charge in [-0.2, -0.15) is 0 Å². The zero-order valence-corrected chi connectivity index (χ0v) is 13.3. The molecule has 2 N–H and O–H groups in total. The molecule has 2 aromatic carbocycles. The highest BCUT2D eigenvalue weighted by atomic mass is 16.5. The van der Waals surface area contributed by atoms with Gasteiger partial charge in [0, 0.05) is 6.54 Å². The molecule has 1 unspecified atom stereocenters. The first-order valence-electron chi connectivity index (χ1n) is 8.01. The molecule has 0 aromatic heterocycles. The van der Waals surface area contributed by atoms with E-state index in [0.29, 0.717) is 13.2 Å². The number of nitrogens with one attached hydrogen (secondary N) is 2. The van der Waals surface area contributed by atoms with Crippen molar-refractivity contribution < 1.29 is 9.53 Å². The quantitative estimate of drug-likeness (QED) is 0.912. The molecule has 0 saturated heterocycles. The van der Waals surface area contributed by atoms with Crippen LogP contribution in [0.1, 0.15) is 16.7 Å². The van der Waals surface area contributed by atoms with E-state index in [-0.39, 0.29) is 12.1 Å². The summed E-state index contributed by atoms with van der Waals surface area (Å²) in [6, 6.07) is 16.2. The third kappa shape index (κ3) is 4.25. The van der Waals surface area contributed by atoms with Gasteiger partial charge in [-0.3, -0.25) is 0 Å². The molecular formula is C19H22N2O2. The molecule has 2 amide bonds. The standard InChI is InChI=1S/C19H22N2O2/c1-14-6-8-15(9-7-14)10-11-20-19(22)21-17-12-16-4-2-3-5-18(16)23-13-17/h2-9,17H,10-13H2,1H3,(H2,20,21,22). The molecule has 0 fully saturated rings. The summed E-state index contributed by atoms with van der Waals surface area (Å²) in [6.45, 7) is 3.21. The first-order chi connectivity index (χ1) is 11.2. The molecule has 120 valence electrons. The molecule has 3 rings (SSSR count). The number of fused-ring (bicyclic) bond motifs is 1. The third-order valence-electron chi connectivity index (χ3n) is 4.03. The van der Waals surface area contributed by atoms with Gasteiger partial charge in [0.2, 0.25) is 0 Å². The van der Waals surface area contributed by atoms with E-state index >= 15 is 0 Å². The van der Waals surface area contributed by atoms with Crippen LogP contribution in [0, 0.1) is 6.92 Å². The van der Waals surface area contributed by atoms with E-state index in [1.807, 2.05) is 24.3 Å². The number of hydrogen-bond donors (Lipinski definition) is 2. The third-order valence-corrected chi connectivity index (χ3v) is 4.03. The van der Waals surface area contributed by atoms with Crippen molar-refractivity contribution in [3.05, 3.63) is 65.2 Å². The summed E-state index contributed by atoms with van der Waals surface area (Å²) in [4.78, 5) is 12.0. The number of para-hydroxylation sites is 1. The van der Waals surface area contributed by atoms with Gasteiger partial charge in [-0.1, -0.05) is 48.0 Å². The van der Waals surface area contributed by atoms with Crippen LogP contribution in [0.3, 0.4) is 0 Å². The van der Waals surface area contributed by atoms with E-state index in [4.69, 9.17) is 4.74 Å². The van der Waals surface area contributed by atoms with Gasteiger partial charge in [-0.25, -0.2) is 4.79 Å². The van der Waals surface area contributed by atoms with Crippen LogP contribution in [0.4, 0.5) is 4.79 Å². The lowest BCUT2D eigenvalue weighted by atomic mass is 10.0. The minimum Gasteiger partial charge on any atom is -0.491 e. The predicted octanol–water partition coefficient (Wildman–Crippen LogP) is 2.84. The highest BCUT2D eigenvalue weighted by Gasteiger charge is 2.20. The average molecular weight is 310 g/mol. The molecule has 0 bridgehead atoms. The van der Waals surface area contributed by atoms with E-state index in [0.717, 1.165) is 24.2 Å². The van der Waals surface area contributed by atoms with Crippen LogP contribution in [-0.2, 0) is 12.8 Å². The number of urea groups is 1. The monoisotopic (exact) mass is 310 g/mol. The Bertz CT molecular complexity index is 667. The Kier molecular flexibility index (Phi) is 4.81. The van der Waals surface area contributed by atoms with Crippen molar-refractivity contribution in [3.8, 4) is 5.75 Å². The lowest BCUT2D eigenvalue weighted by Crippen LogP contribution is -2.47. The average Bonchev–Trinajstić information content (AvgIpc) is 2.56. The van der Waals surface area contributed by atoms with E-state index in [9.17, 15) is 4.79 Å². The number of carbonyl (C=O) groups excluding carboxylic acids is 1. The van der Waals surface area contributed by atoms with Gasteiger partial charge in [0.15, 0.2) is 0 Å². The number of benzene rings is 2. The molecule has 1 aliphatic rings. The second kappa shape index (κ2) is 7.18. The zero-order valence-electron chi connectivity index (χ0n) is 13.3. The zero-order chi connectivity index (χ0) is 16.1. The molecule has 23 heavy (non-hydrogen) atoms. The second-order valence-electron chi connectivity index (χ2n) is 5.96. The van der Waals surface area contributed by atoms with Crippen molar-refractivity contribution >= 4 is 6.03 Å². The molecule has 1 atom stereocenters. The summed E-state index contributed by atoms with van der Waals surface area (Å²) in [5, 5.41) is 5.89. The van der Waals surface area contributed by atoms with Crippen molar-refractivity contribution in [2.75, 3.05) is 13.2 Å². The Labute approximate surface area is 136 Å². The summed E-state index contributed by atoms with van der Waals surface area (Å²) in [6.07, 6.45) is 1.64. The van der Waals surface area contributed by atoms with Gasteiger partial charge in [-0.05, 0) is 37.0 Å². The van der Waals surface area contributed by atoms with Gasteiger partial charge in [-0.15, -0.1) is 0 Å². The van der Waals surface area contributed by atoms with Crippen LogP contribution in [0.15, 0.2) is 48.5 Å². The molecule has 1 heterocycles. The molecule has 0 aliphatic carbocycles. The Morgan fingerprint density at radius 2 is 1.96 bits per heavy atom. The van der Waals surface area contributed by atoms with Crippen molar-refractivity contribution in [3.63, 3.8) is 0 Å². The molecule has 4 heteroatoms. The van der Waals surface area contributed by atoms with E-state index in [2.05, 4.69) is 41.8 Å². The predicted molar refractivity (Wildman–Crippen MR) is 90.8 cm³/mol. The highest BCUT2D eigenvalue weighted by Crippen LogP contribution is 2.23. The molecule has 2 aromatic rings. The van der Waals surface area contributed by atoms with Gasteiger partial charge in [0.1, 0.15) is 12.4 Å². The van der Waals surface area contributed by atoms with Gasteiger partial charge < -0.3 is 15.4 Å². The van der Waals surface area contributed by atoms with Crippen molar-refractivity contribution in [2.45, 2.75) is 25.8 Å². The van der Waals surface area contributed by atoms with Gasteiger partial charge >= 0.3 is 6.03 Å². The maximum Gasteiger partial charge on any atom is 0.315 e.